The Morgan fingerprint density at radius 3 is 2.52 bits per heavy atom. The van der Waals surface area contributed by atoms with Gasteiger partial charge in [-0.25, -0.2) is 0 Å². The third kappa shape index (κ3) is 2.62. The van der Waals surface area contributed by atoms with Gasteiger partial charge >= 0.3 is 0 Å². The molecule has 0 amide bonds. The predicted molar refractivity (Wildman–Crippen MR) is 82.1 cm³/mol. The maximum absolute atomic E-state index is 6.11. The fourth-order valence-corrected chi connectivity index (χ4v) is 2.41. The van der Waals surface area contributed by atoms with E-state index in [1.165, 1.54) is 23.0 Å². The summed E-state index contributed by atoms with van der Waals surface area (Å²) >= 11 is 24.0. The van der Waals surface area contributed by atoms with Crippen LogP contribution in [0.3, 0.4) is 0 Å². The molecule has 108 valence electrons. The SMILES string of the molecule is Cc1c(Cl)nc2ncnn2c1Oc1cc(Cl)c(Cl)cc1Cl. The first-order valence-corrected chi connectivity index (χ1v) is 7.17. The number of rotatable bonds is 2. The molecule has 0 aliphatic carbocycles. The molecule has 1 aromatic carbocycles. The van der Waals surface area contributed by atoms with Gasteiger partial charge in [0, 0.05) is 11.6 Å². The van der Waals surface area contributed by atoms with Crippen molar-refractivity contribution >= 4 is 52.2 Å². The highest BCUT2D eigenvalue weighted by molar-refractivity contribution is 6.43. The van der Waals surface area contributed by atoms with Gasteiger partial charge in [0.2, 0.25) is 5.88 Å². The van der Waals surface area contributed by atoms with Crippen molar-refractivity contribution in [3.63, 3.8) is 0 Å². The minimum Gasteiger partial charge on any atom is -0.437 e. The van der Waals surface area contributed by atoms with Crippen molar-refractivity contribution in [2.75, 3.05) is 0 Å². The topological polar surface area (TPSA) is 52.3 Å². The Kier molecular flexibility index (Phi) is 3.84. The summed E-state index contributed by atoms with van der Waals surface area (Å²) in [6, 6.07) is 3.01. The van der Waals surface area contributed by atoms with Crippen LogP contribution in [0.1, 0.15) is 5.56 Å². The number of ether oxygens (including phenoxy) is 1. The molecule has 0 saturated carbocycles. The molecule has 0 N–H and O–H groups in total. The van der Waals surface area contributed by atoms with E-state index in [9.17, 15) is 0 Å². The first kappa shape index (κ1) is 14.7. The summed E-state index contributed by atoms with van der Waals surface area (Å²) in [5.74, 6) is 0.993. The smallest absolute Gasteiger partial charge is 0.256 e. The summed E-state index contributed by atoms with van der Waals surface area (Å²) in [6.07, 6.45) is 1.35. The van der Waals surface area contributed by atoms with Crippen molar-refractivity contribution in [1.82, 2.24) is 19.6 Å². The zero-order valence-electron chi connectivity index (χ0n) is 10.4. The van der Waals surface area contributed by atoms with Crippen LogP contribution in [0.5, 0.6) is 11.6 Å². The van der Waals surface area contributed by atoms with Crippen LogP contribution in [0.2, 0.25) is 20.2 Å². The number of benzene rings is 1. The molecule has 0 aliphatic rings. The van der Waals surface area contributed by atoms with Crippen LogP contribution >= 0.6 is 46.4 Å². The lowest BCUT2D eigenvalue weighted by molar-refractivity contribution is 0.442. The molecule has 3 aromatic rings. The van der Waals surface area contributed by atoms with Crippen molar-refractivity contribution < 1.29 is 4.74 Å². The molecule has 9 heteroatoms. The Hall–Kier alpha value is -1.27. The van der Waals surface area contributed by atoms with Gasteiger partial charge in [0.05, 0.1) is 15.1 Å². The molecule has 5 nitrogen and oxygen atoms in total. The van der Waals surface area contributed by atoms with E-state index in [-0.39, 0.29) is 5.15 Å². The van der Waals surface area contributed by atoms with E-state index in [1.807, 2.05) is 0 Å². The van der Waals surface area contributed by atoms with Crippen LogP contribution in [0.25, 0.3) is 5.78 Å². The van der Waals surface area contributed by atoms with Crippen LogP contribution < -0.4 is 4.74 Å². The number of halogens is 4. The van der Waals surface area contributed by atoms with Crippen LogP contribution in [0.15, 0.2) is 18.5 Å². The van der Waals surface area contributed by atoms with Crippen molar-refractivity contribution in [2.45, 2.75) is 6.92 Å². The third-order valence-electron chi connectivity index (χ3n) is 2.73. The first-order chi connectivity index (χ1) is 9.97. The second-order valence-electron chi connectivity index (χ2n) is 4.10. The van der Waals surface area contributed by atoms with Gasteiger partial charge in [-0.3, -0.25) is 0 Å². The van der Waals surface area contributed by atoms with Crippen LogP contribution in [0, 0.1) is 6.92 Å². The summed E-state index contributed by atoms with van der Waals surface area (Å²) in [5, 5.41) is 5.28. The molecule has 2 heterocycles. The highest BCUT2D eigenvalue weighted by atomic mass is 35.5. The fraction of sp³-hybridized carbons (Fsp3) is 0.0833. The number of fused-ring (bicyclic) bond motifs is 1. The summed E-state index contributed by atoms with van der Waals surface area (Å²) in [5.41, 5.74) is 0.594. The van der Waals surface area contributed by atoms with Crippen LogP contribution in [-0.4, -0.2) is 19.6 Å². The van der Waals surface area contributed by atoms with Crippen molar-refractivity contribution in [3.05, 3.63) is 44.2 Å². The number of nitrogens with zero attached hydrogens (tertiary/aromatic N) is 4. The molecular formula is C12H6Cl4N4O. The van der Waals surface area contributed by atoms with Gasteiger partial charge in [-0.1, -0.05) is 46.4 Å². The Bertz CT molecular complexity index is 849. The zero-order valence-corrected chi connectivity index (χ0v) is 13.5. The Morgan fingerprint density at radius 1 is 1.05 bits per heavy atom. The van der Waals surface area contributed by atoms with Crippen LogP contribution in [0.4, 0.5) is 0 Å². The number of hydrogen-bond acceptors (Lipinski definition) is 4. The van der Waals surface area contributed by atoms with E-state index in [1.54, 1.807) is 6.92 Å². The largest absolute Gasteiger partial charge is 0.437 e. The molecule has 0 fully saturated rings. The maximum Gasteiger partial charge on any atom is 0.256 e. The van der Waals surface area contributed by atoms with Crippen LogP contribution in [-0.2, 0) is 0 Å². The molecule has 0 radical (unpaired) electrons. The number of aromatic nitrogens is 4. The molecular weight excluding hydrogens is 358 g/mol. The van der Waals surface area contributed by atoms with E-state index in [0.29, 0.717) is 38.0 Å². The lowest BCUT2D eigenvalue weighted by Crippen LogP contribution is -2.02. The van der Waals surface area contributed by atoms with E-state index >= 15 is 0 Å². The van der Waals surface area contributed by atoms with Gasteiger partial charge in [-0.15, -0.1) is 0 Å². The highest BCUT2D eigenvalue weighted by Crippen LogP contribution is 2.37. The molecule has 0 bridgehead atoms. The average Bonchev–Trinajstić information content (AvgIpc) is 2.88. The monoisotopic (exact) mass is 362 g/mol. The van der Waals surface area contributed by atoms with E-state index in [4.69, 9.17) is 51.1 Å². The van der Waals surface area contributed by atoms with E-state index in [2.05, 4.69) is 15.1 Å². The third-order valence-corrected chi connectivity index (χ3v) is 4.12. The average molecular weight is 364 g/mol. The second-order valence-corrected chi connectivity index (χ2v) is 5.68. The second kappa shape index (κ2) is 5.50. The van der Waals surface area contributed by atoms with E-state index in [0.717, 1.165) is 0 Å². The molecule has 0 unspecified atom stereocenters. The van der Waals surface area contributed by atoms with E-state index < -0.39 is 0 Å². The van der Waals surface area contributed by atoms with Gasteiger partial charge < -0.3 is 4.74 Å². The Labute approximate surface area is 139 Å². The number of hydrogen-bond donors (Lipinski definition) is 0. The maximum atomic E-state index is 6.11. The molecule has 3 rings (SSSR count). The minimum absolute atomic E-state index is 0.265. The molecule has 0 atom stereocenters. The summed E-state index contributed by atoms with van der Waals surface area (Å²) < 4.78 is 7.21. The molecule has 2 aromatic heterocycles. The summed E-state index contributed by atoms with van der Waals surface area (Å²) in [7, 11) is 0. The lowest BCUT2D eigenvalue weighted by Gasteiger charge is -2.12. The minimum atomic E-state index is 0.265. The first-order valence-electron chi connectivity index (χ1n) is 5.65. The van der Waals surface area contributed by atoms with Gasteiger partial charge in [-0.2, -0.15) is 19.6 Å². The molecule has 0 aliphatic heterocycles. The Morgan fingerprint density at radius 2 is 1.76 bits per heavy atom. The van der Waals surface area contributed by atoms with Gasteiger partial charge in [0.15, 0.2) is 0 Å². The molecule has 21 heavy (non-hydrogen) atoms. The molecule has 0 saturated heterocycles. The summed E-state index contributed by atoms with van der Waals surface area (Å²) in [4.78, 5) is 8.06. The van der Waals surface area contributed by atoms with Gasteiger partial charge in [0.25, 0.3) is 5.78 Å². The van der Waals surface area contributed by atoms with Gasteiger partial charge in [0.1, 0.15) is 17.2 Å². The van der Waals surface area contributed by atoms with Crippen molar-refractivity contribution in [3.8, 4) is 11.6 Å². The van der Waals surface area contributed by atoms with Crippen molar-refractivity contribution in [1.29, 1.82) is 0 Å². The quantitative estimate of drug-likeness (QED) is 0.483. The fourth-order valence-electron chi connectivity index (χ4n) is 1.68. The normalized spacial score (nSPS) is 11.1. The zero-order chi connectivity index (χ0) is 15.1. The molecule has 0 spiro atoms. The van der Waals surface area contributed by atoms with Gasteiger partial charge in [-0.05, 0) is 13.0 Å². The highest BCUT2D eigenvalue weighted by Gasteiger charge is 2.16. The standard InChI is InChI=1S/C12H6Cl4N4O/c1-5-10(16)19-12-17-4-18-20(12)11(5)21-9-3-7(14)6(13)2-8(9)15/h2-4H,1H3. The lowest BCUT2D eigenvalue weighted by atomic mass is 10.3. The van der Waals surface area contributed by atoms with Crippen molar-refractivity contribution in [2.24, 2.45) is 0 Å². The Balaban J connectivity index is 2.16. The predicted octanol–water partition coefficient (Wildman–Crippen LogP) is 4.84. The summed E-state index contributed by atoms with van der Waals surface area (Å²) in [6.45, 7) is 1.75.